The molecule has 1 rings (SSSR count). The first-order valence-electron chi connectivity index (χ1n) is 3.81. The Hall–Kier alpha value is 0.170. The van der Waals surface area contributed by atoms with Crippen LogP contribution in [0.1, 0.15) is 13.8 Å². The van der Waals surface area contributed by atoms with E-state index in [2.05, 4.69) is 0 Å². The average molecular weight is 227 g/mol. The number of ketones is 1. The molecule has 1 aliphatic carbocycles. The third-order valence-corrected chi connectivity index (χ3v) is 3.50. The van der Waals surface area contributed by atoms with Crippen molar-refractivity contribution in [3.63, 3.8) is 0 Å². The summed E-state index contributed by atoms with van der Waals surface area (Å²) in [4.78, 5) is 11.5. The summed E-state index contributed by atoms with van der Waals surface area (Å²) in [7, 11) is 2.83. The molecule has 76 valence electrons. The topological polar surface area (TPSA) is 35.5 Å². The number of ether oxygens (including phenoxy) is 2. The molecule has 0 aromatic rings. The quantitative estimate of drug-likeness (QED) is 0.532. The normalized spacial score (nSPS) is 28.3. The molecule has 0 spiro atoms. The van der Waals surface area contributed by atoms with Crippen LogP contribution in [0.3, 0.4) is 0 Å². The van der Waals surface area contributed by atoms with Gasteiger partial charge in [-0.25, -0.2) is 0 Å². The average Bonchev–Trinajstić information content (AvgIpc) is 2.05. The second-order valence-corrected chi connectivity index (χ2v) is 4.88. The van der Waals surface area contributed by atoms with E-state index in [0.29, 0.717) is 0 Å². The van der Waals surface area contributed by atoms with Crippen molar-refractivity contribution in [2.45, 2.75) is 24.0 Å². The van der Waals surface area contributed by atoms with Gasteiger partial charge in [-0.3, -0.25) is 4.79 Å². The van der Waals surface area contributed by atoms with Crippen LogP contribution >= 0.6 is 23.2 Å². The van der Waals surface area contributed by atoms with Crippen LogP contribution in [0.15, 0.2) is 0 Å². The number of carbonyl (C=O) groups is 1. The van der Waals surface area contributed by atoms with Gasteiger partial charge in [0, 0.05) is 14.2 Å². The Morgan fingerprint density at radius 1 is 1.15 bits per heavy atom. The largest absolute Gasteiger partial charge is 0.349 e. The van der Waals surface area contributed by atoms with Crippen molar-refractivity contribution < 1.29 is 14.3 Å². The number of Topliss-reactive ketones (excluding diaryl/α,β-unsaturated/α-hetero) is 1. The van der Waals surface area contributed by atoms with E-state index in [4.69, 9.17) is 32.7 Å². The Labute approximate surface area is 87.3 Å². The Morgan fingerprint density at radius 2 is 1.54 bits per heavy atom. The minimum atomic E-state index is -1.61. The Bertz CT molecular complexity index is 224. The molecule has 0 aliphatic heterocycles. The summed E-state index contributed by atoms with van der Waals surface area (Å²) in [5.41, 5.74) is -0.819. The van der Waals surface area contributed by atoms with Crippen molar-refractivity contribution in [3.8, 4) is 0 Å². The molecule has 1 aliphatic rings. The number of hydrogen-bond donors (Lipinski definition) is 0. The fourth-order valence-electron chi connectivity index (χ4n) is 1.87. The maximum Gasteiger partial charge on any atom is 0.230 e. The van der Waals surface area contributed by atoms with E-state index in [1.54, 1.807) is 13.8 Å². The van der Waals surface area contributed by atoms with Gasteiger partial charge >= 0.3 is 0 Å². The molecule has 1 saturated carbocycles. The van der Waals surface area contributed by atoms with Gasteiger partial charge in [-0.2, -0.15) is 0 Å². The van der Waals surface area contributed by atoms with Crippen LogP contribution < -0.4 is 0 Å². The second kappa shape index (κ2) is 2.83. The number of methoxy groups -OCH3 is 2. The standard InChI is InChI=1S/C8H12Cl2O3/c1-6(2)5(11)7(9,10)8(6,12-3)13-4/h1-4H3. The number of alkyl halides is 2. The van der Waals surface area contributed by atoms with Gasteiger partial charge in [0.05, 0.1) is 5.41 Å². The summed E-state index contributed by atoms with van der Waals surface area (Å²) in [6.07, 6.45) is 0. The summed E-state index contributed by atoms with van der Waals surface area (Å²) in [5.74, 6) is -1.53. The first-order chi connectivity index (χ1) is 5.78. The zero-order valence-corrected chi connectivity index (χ0v) is 9.49. The molecule has 0 atom stereocenters. The molecule has 3 nitrogen and oxygen atoms in total. The van der Waals surface area contributed by atoms with Crippen molar-refractivity contribution in [2.24, 2.45) is 5.41 Å². The fourth-order valence-corrected chi connectivity index (χ4v) is 3.12. The van der Waals surface area contributed by atoms with Crippen molar-refractivity contribution in [1.82, 2.24) is 0 Å². The van der Waals surface area contributed by atoms with Gasteiger partial charge in [-0.15, -0.1) is 0 Å². The zero-order chi connectivity index (χ0) is 10.5. The molecule has 0 radical (unpaired) electrons. The molecule has 0 amide bonds. The maximum atomic E-state index is 11.5. The smallest absolute Gasteiger partial charge is 0.230 e. The summed E-state index contributed by atoms with van der Waals surface area (Å²) < 4.78 is 8.62. The second-order valence-electron chi connectivity index (χ2n) is 3.55. The molecular formula is C8H12Cl2O3. The molecule has 0 N–H and O–H groups in total. The van der Waals surface area contributed by atoms with Crippen molar-refractivity contribution >= 4 is 29.0 Å². The zero-order valence-electron chi connectivity index (χ0n) is 7.98. The highest BCUT2D eigenvalue weighted by atomic mass is 35.5. The molecule has 0 aromatic carbocycles. The molecule has 5 heteroatoms. The number of carbonyl (C=O) groups excluding carboxylic acids is 1. The van der Waals surface area contributed by atoms with Crippen LogP contribution in [0.5, 0.6) is 0 Å². The lowest BCUT2D eigenvalue weighted by molar-refractivity contribution is -0.297. The lowest BCUT2D eigenvalue weighted by atomic mass is 9.63. The van der Waals surface area contributed by atoms with E-state index in [0.717, 1.165) is 0 Å². The molecule has 13 heavy (non-hydrogen) atoms. The third kappa shape index (κ3) is 0.962. The van der Waals surface area contributed by atoms with Crippen molar-refractivity contribution in [3.05, 3.63) is 0 Å². The van der Waals surface area contributed by atoms with E-state index in [1.165, 1.54) is 14.2 Å². The molecule has 0 heterocycles. The Kier molecular flexibility index (Phi) is 2.45. The van der Waals surface area contributed by atoms with Gasteiger partial charge in [-0.1, -0.05) is 23.2 Å². The minimum Gasteiger partial charge on any atom is -0.349 e. The molecule has 1 fully saturated rings. The highest BCUT2D eigenvalue weighted by molar-refractivity contribution is 6.62. The van der Waals surface area contributed by atoms with Gasteiger partial charge in [-0.05, 0) is 13.8 Å². The van der Waals surface area contributed by atoms with Crippen LogP contribution in [0.25, 0.3) is 0 Å². The van der Waals surface area contributed by atoms with E-state index >= 15 is 0 Å². The van der Waals surface area contributed by atoms with Crippen molar-refractivity contribution in [2.75, 3.05) is 14.2 Å². The van der Waals surface area contributed by atoms with Crippen LogP contribution in [0.2, 0.25) is 0 Å². The molecule has 0 aromatic heterocycles. The number of halogens is 2. The lowest BCUT2D eigenvalue weighted by Crippen LogP contribution is -2.77. The highest BCUT2D eigenvalue weighted by Crippen LogP contribution is 2.61. The van der Waals surface area contributed by atoms with E-state index < -0.39 is 15.5 Å². The van der Waals surface area contributed by atoms with Gasteiger partial charge in [0.25, 0.3) is 0 Å². The summed E-state index contributed by atoms with van der Waals surface area (Å²) in [6, 6.07) is 0. The van der Waals surface area contributed by atoms with Gasteiger partial charge in [0.15, 0.2) is 5.78 Å². The number of rotatable bonds is 2. The maximum absolute atomic E-state index is 11.5. The van der Waals surface area contributed by atoms with Crippen molar-refractivity contribution in [1.29, 1.82) is 0 Å². The SMILES string of the molecule is COC1(OC)C(C)(C)C(=O)C1(Cl)Cl. The predicted octanol–water partition coefficient (Wildman–Crippen LogP) is 1.76. The molecule has 0 unspecified atom stereocenters. The van der Waals surface area contributed by atoms with E-state index in [9.17, 15) is 4.79 Å². The first kappa shape index (κ1) is 11.2. The number of hydrogen-bond acceptors (Lipinski definition) is 3. The van der Waals surface area contributed by atoms with E-state index in [-0.39, 0.29) is 5.78 Å². The first-order valence-corrected chi connectivity index (χ1v) is 4.56. The van der Waals surface area contributed by atoms with Gasteiger partial charge in [0.2, 0.25) is 10.1 Å². The Morgan fingerprint density at radius 3 is 1.69 bits per heavy atom. The predicted molar refractivity (Wildman–Crippen MR) is 50.0 cm³/mol. The fraction of sp³-hybridized carbons (Fsp3) is 0.875. The third-order valence-electron chi connectivity index (χ3n) is 2.66. The molecule has 0 bridgehead atoms. The van der Waals surface area contributed by atoms with Crippen LogP contribution in [0.4, 0.5) is 0 Å². The minimum absolute atomic E-state index is 0.285. The molecule has 0 saturated heterocycles. The van der Waals surface area contributed by atoms with Crippen LogP contribution in [0, 0.1) is 5.41 Å². The van der Waals surface area contributed by atoms with Gasteiger partial charge < -0.3 is 9.47 Å². The van der Waals surface area contributed by atoms with Crippen LogP contribution in [-0.4, -0.2) is 30.1 Å². The van der Waals surface area contributed by atoms with Crippen LogP contribution in [-0.2, 0) is 14.3 Å². The van der Waals surface area contributed by atoms with E-state index in [1.807, 2.05) is 0 Å². The lowest BCUT2D eigenvalue weighted by Gasteiger charge is -2.58. The summed E-state index contributed by atoms with van der Waals surface area (Å²) in [5, 5.41) is 0. The molecular weight excluding hydrogens is 215 g/mol. The van der Waals surface area contributed by atoms with Gasteiger partial charge in [0.1, 0.15) is 0 Å². The summed E-state index contributed by atoms with van der Waals surface area (Å²) >= 11 is 11.7. The Balaban J connectivity index is 3.15. The monoisotopic (exact) mass is 226 g/mol. The highest BCUT2D eigenvalue weighted by Gasteiger charge is 2.78. The summed E-state index contributed by atoms with van der Waals surface area (Å²) in [6.45, 7) is 3.37.